The SMILES string of the molecule is CCN1CCC2CCNC2C1. The van der Waals surface area contributed by atoms with Crippen molar-refractivity contribution >= 4 is 0 Å². The van der Waals surface area contributed by atoms with E-state index in [-0.39, 0.29) is 0 Å². The molecular formula is C9H18N2. The fraction of sp³-hybridized carbons (Fsp3) is 1.00. The monoisotopic (exact) mass is 154 g/mol. The molecule has 2 nitrogen and oxygen atoms in total. The minimum atomic E-state index is 0.823. The van der Waals surface area contributed by atoms with Gasteiger partial charge in [0.2, 0.25) is 0 Å². The van der Waals surface area contributed by atoms with Gasteiger partial charge >= 0.3 is 0 Å². The average Bonchev–Trinajstić information content (AvgIpc) is 2.50. The van der Waals surface area contributed by atoms with Gasteiger partial charge in [-0.2, -0.15) is 0 Å². The van der Waals surface area contributed by atoms with E-state index >= 15 is 0 Å². The highest BCUT2D eigenvalue weighted by molar-refractivity contribution is 4.89. The third-order valence-corrected chi connectivity index (χ3v) is 3.21. The third kappa shape index (κ3) is 1.42. The minimum absolute atomic E-state index is 0.823. The predicted octanol–water partition coefficient (Wildman–Crippen LogP) is 0.690. The lowest BCUT2D eigenvalue weighted by Gasteiger charge is -2.33. The first-order chi connectivity index (χ1) is 5.40. The van der Waals surface area contributed by atoms with E-state index in [9.17, 15) is 0 Å². The van der Waals surface area contributed by atoms with Crippen molar-refractivity contribution in [1.82, 2.24) is 10.2 Å². The highest BCUT2D eigenvalue weighted by Crippen LogP contribution is 2.24. The van der Waals surface area contributed by atoms with Gasteiger partial charge in [-0.15, -0.1) is 0 Å². The average molecular weight is 154 g/mol. The summed E-state index contributed by atoms with van der Waals surface area (Å²) in [6.45, 7) is 7.37. The molecular weight excluding hydrogens is 136 g/mol. The van der Waals surface area contributed by atoms with E-state index in [2.05, 4.69) is 17.1 Å². The lowest BCUT2D eigenvalue weighted by molar-refractivity contribution is 0.174. The van der Waals surface area contributed by atoms with Crippen LogP contribution in [0.2, 0.25) is 0 Å². The summed E-state index contributed by atoms with van der Waals surface area (Å²) in [5.41, 5.74) is 0. The van der Waals surface area contributed by atoms with Gasteiger partial charge < -0.3 is 10.2 Å². The highest BCUT2D eigenvalue weighted by Gasteiger charge is 2.31. The summed E-state index contributed by atoms with van der Waals surface area (Å²) in [7, 11) is 0. The Bertz CT molecular complexity index is 136. The Morgan fingerprint density at radius 1 is 1.45 bits per heavy atom. The molecule has 2 fully saturated rings. The van der Waals surface area contributed by atoms with Crippen molar-refractivity contribution in [2.45, 2.75) is 25.8 Å². The molecule has 0 aliphatic carbocycles. The lowest BCUT2D eigenvalue weighted by Crippen LogP contribution is -2.46. The van der Waals surface area contributed by atoms with Crippen molar-refractivity contribution in [3.8, 4) is 0 Å². The molecule has 2 heteroatoms. The number of fused-ring (bicyclic) bond motifs is 1. The molecule has 2 aliphatic rings. The zero-order valence-corrected chi connectivity index (χ0v) is 7.34. The number of nitrogens with one attached hydrogen (secondary N) is 1. The topological polar surface area (TPSA) is 15.3 Å². The fourth-order valence-electron chi connectivity index (χ4n) is 2.39. The Labute approximate surface area is 69.0 Å². The highest BCUT2D eigenvalue weighted by atomic mass is 15.2. The van der Waals surface area contributed by atoms with Gasteiger partial charge in [-0.05, 0) is 38.4 Å². The van der Waals surface area contributed by atoms with Crippen LogP contribution in [0.1, 0.15) is 19.8 Å². The van der Waals surface area contributed by atoms with Gasteiger partial charge in [-0.1, -0.05) is 6.92 Å². The number of hydrogen-bond donors (Lipinski definition) is 1. The molecule has 64 valence electrons. The minimum Gasteiger partial charge on any atom is -0.312 e. The van der Waals surface area contributed by atoms with Crippen LogP contribution in [0.15, 0.2) is 0 Å². The van der Waals surface area contributed by atoms with Crippen molar-refractivity contribution in [2.24, 2.45) is 5.92 Å². The van der Waals surface area contributed by atoms with Gasteiger partial charge in [-0.3, -0.25) is 0 Å². The molecule has 0 saturated carbocycles. The Balaban J connectivity index is 1.91. The summed E-state index contributed by atoms with van der Waals surface area (Å²) in [5.74, 6) is 0.998. The molecule has 2 atom stereocenters. The summed E-state index contributed by atoms with van der Waals surface area (Å²) >= 11 is 0. The molecule has 2 rings (SSSR count). The molecule has 0 aromatic rings. The number of likely N-dealkylation sites (N-methyl/N-ethyl adjacent to an activating group) is 1. The smallest absolute Gasteiger partial charge is 0.0224 e. The first kappa shape index (κ1) is 7.56. The lowest BCUT2D eigenvalue weighted by atomic mass is 9.93. The zero-order valence-electron chi connectivity index (χ0n) is 7.34. The van der Waals surface area contributed by atoms with Crippen LogP contribution in [0.3, 0.4) is 0 Å². The Hall–Kier alpha value is -0.0800. The predicted molar refractivity (Wildman–Crippen MR) is 46.6 cm³/mol. The maximum absolute atomic E-state index is 3.58. The standard InChI is InChI=1S/C9H18N2/c1-2-11-6-4-8-3-5-10-9(8)7-11/h8-10H,2-7H2,1H3. The van der Waals surface area contributed by atoms with Gasteiger partial charge in [0.25, 0.3) is 0 Å². The molecule has 11 heavy (non-hydrogen) atoms. The quantitative estimate of drug-likeness (QED) is 0.598. The number of nitrogens with zero attached hydrogens (tertiary/aromatic N) is 1. The first-order valence-electron chi connectivity index (χ1n) is 4.86. The van der Waals surface area contributed by atoms with Crippen LogP contribution in [0.5, 0.6) is 0 Å². The Kier molecular flexibility index (Phi) is 2.14. The maximum Gasteiger partial charge on any atom is 0.0224 e. The number of likely N-dealkylation sites (tertiary alicyclic amines) is 1. The summed E-state index contributed by atoms with van der Waals surface area (Å²) in [4.78, 5) is 2.56. The van der Waals surface area contributed by atoms with Gasteiger partial charge in [0.15, 0.2) is 0 Å². The second kappa shape index (κ2) is 3.11. The molecule has 2 saturated heterocycles. The van der Waals surface area contributed by atoms with Crippen molar-refractivity contribution in [2.75, 3.05) is 26.2 Å². The largest absolute Gasteiger partial charge is 0.312 e. The van der Waals surface area contributed by atoms with Gasteiger partial charge in [0, 0.05) is 12.6 Å². The summed E-state index contributed by atoms with van der Waals surface area (Å²) in [6.07, 6.45) is 2.84. The van der Waals surface area contributed by atoms with Crippen LogP contribution in [0.25, 0.3) is 0 Å². The van der Waals surface area contributed by atoms with Crippen LogP contribution < -0.4 is 5.32 Å². The molecule has 0 radical (unpaired) electrons. The van der Waals surface area contributed by atoms with E-state index in [1.54, 1.807) is 0 Å². The maximum atomic E-state index is 3.58. The van der Waals surface area contributed by atoms with E-state index in [1.165, 1.54) is 39.0 Å². The molecule has 2 aliphatic heterocycles. The molecule has 0 aromatic carbocycles. The van der Waals surface area contributed by atoms with Crippen LogP contribution in [-0.2, 0) is 0 Å². The molecule has 2 heterocycles. The van der Waals surface area contributed by atoms with Crippen molar-refractivity contribution in [3.05, 3.63) is 0 Å². The molecule has 1 N–H and O–H groups in total. The van der Waals surface area contributed by atoms with Gasteiger partial charge in [-0.25, -0.2) is 0 Å². The van der Waals surface area contributed by atoms with E-state index in [1.807, 2.05) is 0 Å². The number of piperidine rings is 1. The summed E-state index contributed by atoms with van der Waals surface area (Å²) in [5, 5.41) is 3.58. The molecule has 0 amide bonds. The van der Waals surface area contributed by atoms with E-state index in [4.69, 9.17) is 0 Å². The van der Waals surface area contributed by atoms with Crippen LogP contribution >= 0.6 is 0 Å². The molecule has 0 bridgehead atoms. The van der Waals surface area contributed by atoms with Gasteiger partial charge in [0.1, 0.15) is 0 Å². The second-order valence-corrected chi connectivity index (χ2v) is 3.79. The van der Waals surface area contributed by atoms with Crippen LogP contribution in [-0.4, -0.2) is 37.1 Å². The summed E-state index contributed by atoms with van der Waals surface area (Å²) in [6, 6.07) is 0.823. The zero-order chi connectivity index (χ0) is 7.68. The van der Waals surface area contributed by atoms with E-state index in [0.717, 1.165) is 12.0 Å². The summed E-state index contributed by atoms with van der Waals surface area (Å²) < 4.78 is 0. The van der Waals surface area contributed by atoms with E-state index in [0.29, 0.717) is 0 Å². The Morgan fingerprint density at radius 2 is 2.36 bits per heavy atom. The normalized spacial score (nSPS) is 39.0. The number of rotatable bonds is 1. The second-order valence-electron chi connectivity index (χ2n) is 3.79. The first-order valence-corrected chi connectivity index (χ1v) is 4.86. The molecule has 0 spiro atoms. The van der Waals surface area contributed by atoms with Crippen molar-refractivity contribution in [1.29, 1.82) is 0 Å². The van der Waals surface area contributed by atoms with Gasteiger partial charge in [0.05, 0.1) is 0 Å². The van der Waals surface area contributed by atoms with E-state index < -0.39 is 0 Å². The molecule has 2 unspecified atom stereocenters. The Morgan fingerprint density at radius 3 is 3.18 bits per heavy atom. The fourth-order valence-corrected chi connectivity index (χ4v) is 2.39. The number of hydrogen-bond acceptors (Lipinski definition) is 2. The van der Waals surface area contributed by atoms with Crippen molar-refractivity contribution in [3.63, 3.8) is 0 Å². The van der Waals surface area contributed by atoms with Crippen LogP contribution in [0, 0.1) is 5.92 Å². The van der Waals surface area contributed by atoms with Crippen LogP contribution in [0.4, 0.5) is 0 Å². The van der Waals surface area contributed by atoms with Crippen molar-refractivity contribution < 1.29 is 0 Å². The third-order valence-electron chi connectivity index (χ3n) is 3.21. The molecule has 0 aromatic heterocycles.